The van der Waals surface area contributed by atoms with E-state index in [9.17, 15) is 4.79 Å². The molecule has 0 aliphatic heterocycles. The zero-order valence-electron chi connectivity index (χ0n) is 19.3. The minimum Gasteiger partial charge on any atom is -0.291 e. The van der Waals surface area contributed by atoms with Gasteiger partial charge in [-0.25, -0.2) is 9.67 Å². The van der Waals surface area contributed by atoms with E-state index in [-0.39, 0.29) is 5.78 Å². The van der Waals surface area contributed by atoms with Crippen molar-refractivity contribution in [2.24, 2.45) is 5.92 Å². The van der Waals surface area contributed by atoms with Crippen molar-refractivity contribution in [3.63, 3.8) is 0 Å². The van der Waals surface area contributed by atoms with Crippen LogP contribution in [-0.2, 0) is 13.0 Å². The Hall–Kier alpha value is -3.68. The van der Waals surface area contributed by atoms with Crippen molar-refractivity contribution >= 4 is 5.78 Å². The van der Waals surface area contributed by atoms with Crippen molar-refractivity contribution in [1.82, 2.24) is 35.4 Å². The van der Waals surface area contributed by atoms with Crippen LogP contribution >= 0.6 is 0 Å². The summed E-state index contributed by atoms with van der Waals surface area (Å²) in [6.07, 6.45) is 2.96. The number of carbonyl (C=O) groups is 1. The Morgan fingerprint density at radius 2 is 1.82 bits per heavy atom. The molecule has 2 aromatic heterocycles. The maximum Gasteiger partial charge on any atom is 0.217 e. The van der Waals surface area contributed by atoms with Gasteiger partial charge in [0.2, 0.25) is 17.4 Å². The highest BCUT2D eigenvalue weighted by Gasteiger charge is 2.17. The average molecular weight is 444 g/mol. The fourth-order valence-corrected chi connectivity index (χ4v) is 3.75. The number of aromatic amines is 1. The molecule has 0 bridgehead atoms. The Balaban J connectivity index is 1.57. The van der Waals surface area contributed by atoms with Gasteiger partial charge in [0.15, 0.2) is 0 Å². The topological polar surface area (TPSA) is 102 Å². The minimum absolute atomic E-state index is 0.0222. The van der Waals surface area contributed by atoms with Crippen LogP contribution in [0.1, 0.15) is 62.0 Å². The normalized spacial score (nSPS) is 11.3. The summed E-state index contributed by atoms with van der Waals surface area (Å²) in [4.78, 5) is 17.1. The molecule has 0 saturated heterocycles. The number of carbonyl (C=O) groups excluding carboxylic acids is 1. The van der Waals surface area contributed by atoms with Crippen LogP contribution in [-0.4, -0.2) is 41.2 Å². The van der Waals surface area contributed by atoms with Gasteiger partial charge in [-0.3, -0.25) is 4.79 Å². The number of tetrazole rings is 1. The number of H-pyrrole nitrogens is 1. The summed E-state index contributed by atoms with van der Waals surface area (Å²) < 4.78 is 1.89. The number of ketones is 1. The third-order valence-electron chi connectivity index (χ3n) is 5.43. The molecule has 1 N–H and O–H groups in total. The van der Waals surface area contributed by atoms with Crippen LogP contribution in [0.2, 0.25) is 0 Å². The van der Waals surface area contributed by atoms with Crippen LogP contribution in [0.4, 0.5) is 0 Å². The van der Waals surface area contributed by atoms with Crippen LogP contribution < -0.4 is 0 Å². The highest BCUT2D eigenvalue weighted by molar-refractivity contribution is 5.92. The number of unbranched alkanes of at least 4 members (excludes halogenated alkanes) is 1. The van der Waals surface area contributed by atoms with E-state index in [0.717, 1.165) is 47.5 Å². The van der Waals surface area contributed by atoms with Gasteiger partial charge in [0.1, 0.15) is 5.82 Å². The molecule has 33 heavy (non-hydrogen) atoms. The molecule has 0 spiro atoms. The molecule has 0 fully saturated rings. The molecule has 2 heterocycles. The maximum absolute atomic E-state index is 12.5. The molecule has 0 aliphatic carbocycles. The van der Waals surface area contributed by atoms with Gasteiger partial charge >= 0.3 is 0 Å². The lowest BCUT2D eigenvalue weighted by Gasteiger charge is -2.10. The van der Waals surface area contributed by atoms with E-state index in [1.54, 1.807) is 0 Å². The zero-order valence-corrected chi connectivity index (χ0v) is 19.3. The molecule has 0 aliphatic rings. The Bertz CT molecular complexity index is 1190. The molecule has 0 unspecified atom stereocenters. The molecule has 0 atom stereocenters. The molecule has 0 amide bonds. The Kier molecular flexibility index (Phi) is 7.02. The second kappa shape index (κ2) is 10.3. The maximum atomic E-state index is 12.5. The lowest BCUT2D eigenvalue weighted by Crippen LogP contribution is -2.11. The van der Waals surface area contributed by atoms with Crippen LogP contribution in [0.15, 0.2) is 48.5 Å². The Morgan fingerprint density at radius 1 is 1.06 bits per heavy atom. The van der Waals surface area contributed by atoms with Gasteiger partial charge in [-0.2, -0.15) is 5.21 Å². The van der Waals surface area contributed by atoms with Gasteiger partial charge in [-0.1, -0.05) is 75.7 Å². The molecule has 4 aromatic rings. The first-order valence-corrected chi connectivity index (χ1v) is 11.4. The zero-order chi connectivity index (χ0) is 23.2. The molecule has 170 valence electrons. The van der Waals surface area contributed by atoms with Crippen LogP contribution in [0, 0.1) is 5.92 Å². The molecule has 8 heteroatoms. The van der Waals surface area contributed by atoms with E-state index in [1.807, 2.05) is 28.9 Å². The number of nitrogens with one attached hydrogen (secondary N) is 1. The van der Waals surface area contributed by atoms with Crippen molar-refractivity contribution in [3.8, 4) is 22.5 Å². The first-order chi connectivity index (χ1) is 16.0. The van der Waals surface area contributed by atoms with E-state index in [1.165, 1.54) is 0 Å². The fraction of sp³-hybridized carbons (Fsp3) is 0.360. The lowest BCUT2D eigenvalue weighted by molar-refractivity contribution is 0.0969. The summed E-state index contributed by atoms with van der Waals surface area (Å²) in [6, 6.07) is 16.4. The van der Waals surface area contributed by atoms with Crippen molar-refractivity contribution in [1.29, 1.82) is 0 Å². The van der Waals surface area contributed by atoms with E-state index in [0.29, 0.717) is 30.4 Å². The first kappa shape index (κ1) is 22.5. The number of rotatable bonds is 10. The summed E-state index contributed by atoms with van der Waals surface area (Å²) >= 11 is 0. The van der Waals surface area contributed by atoms with Crippen LogP contribution in [0.25, 0.3) is 22.5 Å². The molecule has 4 rings (SSSR count). The number of nitrogens with zero attached hydrogens (tertiary/aromatic N) is 6. The smallest absolute Gasteiger partial charge is 0.217 e. The quantitative estimate of drug-likeness (QED) is 0.355. The lowest BCUT2D eigenvalue weighted by atomic mass is 9.98. The number of Topliss-reactive ketones (excluding diaryl/α,β-unsaturated/α-hetero) is 1. The fourth-order valence-electron chi connectivity index (χ4n) is 3.75. The Morgan fingerprint density at radius 3 is 2.48 bits per heavy atom. The summed E-state index contributed by atoms with van der Waals surface area (Å²) in [5.41, 5.74) is 4.14. The molecule has 8 nitrogen and oxygen atoms in total. The van der Waals surface area contributed by atoms with Crippen molar-refractivity contribution in [2.45, 2.75) is 53.0 Å². The summed E-state index contributed by atoms with van der Waals surface area (Å²) in [5.74, 6) is 2.16. The summed E-state index contributed by atoms with van der Waals surface area (Å²) in [6.45, 7) is 7.09. The first-order valence-electron chi connectivity index (χ1n) is 11.4. The molecule has 0 radical (unpaired) electrons. The molecule has 2 aromatic carbocycles. The highest BCUT2D eigenvalue weighted by Crippen LogP contribution is 2.30. The third-order valence-corrected chi connectivity index (χ3v) is 5.43. The number of hydrogen-bond acceptors (Lipinski definition) is 6. The second-order valence-electron chi connectivity index (χ2n) is 8.61. The van der Waals surface area contributed by atoms with E-state index >= 15 is 0 Å². The minimum atomic E-state index is 0.0222. The monoisotopic (exact) mass is 443 g/mol. The van der Waals surface area contributed by atoms with Crippen molar-refractivity contribution in [3.05, 3.63) is 65.7 Å². The number of hydrogen-bond donors (Lipinski definition) is 1. The van der Waals surface area contributed by atoms with Crippen LogP contribution in [0.5, 0.6) is 0 Å². The van der Waals surface area contributed by atoms with E-state index in [2.05, 4.69) is 75.7 Å². The number of aromatic nitrogens is 7. The van der Waals surface area contributed by atoms with Crippen molar-refractivity contribution in [2.75, 3.05) is 0 Å². The van der Waals surface area contributed by atoms with Gasteiger partial charge in [0.25, 0.3) is 0 Å². The standard InChI is InChI=1S/C25H29N7O/c1-4-5-10-22(33)25-26-23(32(29-25)16-17(2)3)15-18-11-13-19(14-12-18)20-8-6-7-9-21(20)24-27-30-31-28-24/h6-9,11-14,17H,4-5,10,15-16H2,1-3H3,(H,27,28,30,31). The number of benzene rings is 2. The van der Waals surface area contributed by atoms with Crippen LogP contribution in [0.3, 0.4) is 0 Å². The van der Waals surface area contributed by atoms with Gasteiger partial charge in [0, 0.05) is 24.9 Å². The summed E-state index contributed by atoms with van der Waals surface area (Å²) in [5, 5.41) is 19.0. The summed E-state index contributed by atoms with van der Waals surface area (Å²) in [7, 11) is 0. The van der Waals surface area contributed by atoms with E-state index < -0.39 is 0 Å². The Labute approximate surface area is 193 Å². The molecule has 0 saturated carbocycles. The van der Waals surface area contributed by atoms with Crippen molar-refractivity contribution < 1.29 is 4.79 Å². The average Bonchev–Trinajstić information content (AvgIpc) is 3.48. The predicted molar refractivity (Wildman–Crippen MR) is 127 cm³/mol. The van der Waals surface area contributed by atoms with Gasteiger partial charge in [0.05, 0.1) is 0 Å². The third kappa shape index (κ3) is 5.39. The largest absolute Gasteiger partial charge is 0.291 e. The predicted octanol–water partition coefficient (Wildman–Crippen LogP) is 4.74. The van der Waals surface area contributed by atoms with Gasteiger partial charge in [-0.05, 0) is 34.2 Å². The highest BCUT2D eigenvalue weighted by atomic mass is 16.1. The van der Waals surface area contributed by atoms with Gasteiger partial charge in [-0.15, -0.1) is 15.3 Å². The second-order valence-corrected chi connectivity index (χ2v) is 8.61. The van der Waals surface area contributed by atoms with Gasteiger partial charge < -0.3 is 0 Å². The molecular weight excluding hydrogens is 414 g/mol. The SMILES string of the molecule is CCCCC(=O)c1nc(Cc2ccc(-c3ccccc3-c3nn[nH]n3)cc2)n(CC(C)C)n1. The molecular formula is C25H29N7O. The van der Waals surface area contributed by atoms with E-state index in [4.69, 9.17) is 0 Å².